The average molecular weight is 362 g/mol. The van der Waals surface area contributed by atoms with Crippen LogP contribution in [0.4, 0.5) is 11.4 Å². The first kappa shape index (κ1) is 23.1. The summed E-state index contributed by atoms with van der Waals surface area (Å²) in [6.07, 6.45) is 0. The summed E-state index contributed by atoms with van der Waals surface area (Å²) in [7, 11) is 0. The van der Waals surface area contributed by atoms with Crippen molar-refractivity contribution in [3.05, 3.63) is 68.0 Å². The van der Waals surface area contributed by atoms with E-state index in [9.17, 15) is 9.81 Å². The van der Waals surface area contributed by atoms with Gasteiger partial charge in [-0.2, -0.15) is 26.3 Å². The first-order valence-corrected chi connectivity index (χ1v) is 6.59. The van der Waals surface area contributed by atoms with E-state index in [4.69, 9.17) is 26.3 Å². The second kappa shape index (κ2) is 11.6. The summed E-state index contributed by atoms with van der Waals surface area (Å²) in [4.78, 5) is 20.4. The Morgan fingerprint density at radius 2 is 0.963 bits per heavy atom. The first-order chi connectivity index (χ1) is 12.6. The molecule has 0 spiro atoms. The fourth-order valence-electron chi connectivity index (χ4n) is 1.87. The van der Waals surface area contributed by atoms with Crippen molar-refractivity contribution < 1.29 is 0 Å². The van der Waals surface area contributed by atoms with Crippen LogP contribution in [-0.4, -0.2) is 29.6 Å². The zero-order chi connectivity index (χ0) is 19.5. The van der Waals surface area contributed by atoms with Crippen LogP contribution in [0.3, 0.4) is 0 Å². The van der Waals surface area contributed by atoms with Crippen LogP contribution in [0.25, 0.3) is 0 Å². The Morgan fingerprint density at radius 1 is 0.593 bits per heavy atom. The van der Waals surface area contributed by atoms with Gasteiger partial charge in [0, 0.05) is 29.6 Å². The topological polar surface area (TPSA) is 178 Å². The molecular formula is C17H5N7NaO2. The minimum Gasteiger partial charge on any atom is -0.192 e. The molecule has 0 saturated heterocycles. The van der Waals surface area contributed by atoms with Crippen LogP contribution in [0.5, 0.6) is 0 Å². The van der Waals surface area contributed by atoms with Crippen LogP contribution < -0.4 is 0 Å². The van der Waals surface area contributed by atoms with Gasteiger partial charge in [0.05, 0.1) is 16.7 Å². The summed E-state index contributed by atoms with van der Waals surface area (Å²) in [5.41, 5.74) is -2.31. The van der Waals surface area contributed by atoms with Gasteiger partial charge >= 0.3 is 0 Å². The van der Waals surface area contributed by atoms with E-state index in [1.54, 1.807) is 42.5 Å². The molecule has 2 aromatic carbocycles. The van der Waals surface area contributed by atoms with E-state index >= 15 is 0 Å². The van der Waals surface area contributed by atoms with Gasteiger partial charge < -0.3 is 0 Å². The number of hydrogen-bond donors (Lipinski definition) is 0. The van der Waals surface area contributed by atoms with Gasteiger partial charge in [-0.05, 0) is 22.5 Å². The second-order valence-corrected chi connectivity index (χ2v) is 4.30. The van der Waals surface area contributed by atoms with Crippen molar-refractivity contribution >= 4 is 40.9 Å². The number of benzene rings is 2. The Hall–Kier alpha value is -3.91. The quantitative estimate of drug-likeness (QED) is 0.581. The van der Waals surface area contributed by atoms with E-state index in [-0.39, 0.29) is 29.6 Å². The zero-order valence-electron chi connectivity index (χ0n) is 13.8. The van der Waals surface area contributed by atoms with E-state index in [1.165, 1.54) is 12.1 Å². The molecule has 121 valence electrons. The monoisotopic (exact) mass is 362 g/mol. The third-order valence-corrected chi connectivity index (χ3v) is 2.99. The smallest absolute Gasteiger partial charge is 0.146 e. The van der Waals surface area contributed by atoms with Crippen LogP contribution in [0.15, 0.2) is 40.7 Å². The minimum atomic E-state index is -0.591. The summed E-state index contributed by atoms with van der Waals surface area (Å²) < 4.78 is 0. The number of nitriles is 5. The van der Waals surface area contributed by atoms with Gasteiger partial charge in [0.15, 0.2) is 0 Å². The van der Waals surface area contributed by atoms with Gasteiger partial charge in [-0.15, -0.1) is 9.81 Å². The maximum atomic E-state index is 10.6. The van der Waals surface area contributed by atoms with Gasteiger partial charge in [-0.3, -0.25) is 0 Å². The summed E-state index contributed by atoms with van der Waals surface area (Å²) in [6, 6.07) is 16.5. The summed E-state index contributed by atoms with van der Waals surface area (Å²) >= 11 is 0. The molecule has 0 aromatic heterocycles. The molecule has 10 heteroatoms. The van der Waals surface area contributed by atoms with Crippen molar-refractivity contribution in [2.24, 2.45) is 10.4 Å². The maximum absolute atomic E-state index is 10.6. The van der Waals surface area contributed by atoms with E-state index in [0.717, 1.165) is 0 Å². The fraction of sp³-hybridized carbons (Fsp3) is 0. The van der Waals surface area contributed by atoms with Gasteiger partial charge in [-0.1, -0.05) is 18.2 Å². The molecule has 0 heterocycles. The Bertz CT molecular complexity index is 1030. The largest absolute Gasteiger partial charge is 0.192 e. The van der Waals surface area contributed by atoms with E-state index in [1.807, 2.05) is 6.07 Å². The van der Waals surface area contributed by atoms with Gasteiger partial charge in [0.2, 0.25) is 0 Å². The SMILES string of the molecule is N#Cc1c(C#N)c(C#N)c(N=O)c(C#N)c1C#N.O=Nc1ccccc1.[Na]. The summed E-state index contributed by atoms with van der Waals surface area (Å²) in [5.74, 6) is 0. The van der Waals surface area contributed by atoms with Crippen molar-refractivity contribution in [1.82, 2.24) is 0 Å². The number of rotatable bonds is 2. The zero-order valence-corrected chi connectivity index (χ0v) is 15.8. The molecule has 0 aliphatic rings. The Balaban J connectivity index is 0.000000629. The molecule has 2 rings (SSSR count). The summed E-state index contributed by atoms with van der Waals surface area (Å²) in [5, 5.41) is 49.6. The van der Waals surface area contributed by atoms with Crippen molar-refractivity contribution in [3.8, 4) is 30.3 Å². The molecule has 0 saturated carbocycles. The Morgan fingerprint density at radius 3 is 1.22 bits per heavy atom. The number of nitroso groups, excluding NO2 is 2. The predicted octanol–water partition coefficient (Wildman–Crippen LogP) is 3.15. The molecule has 0 aliphatic heterocycles. The molecule has 0 amide bonds. The molecule has 1 radical (unpaired) electrons. The maximum Gasteiger partial charge on any atom is 0.146 e. The molecule has 2 aromatic rings. The molecule has 0 atom stereocenters. The third-order valence-electron chi connectivity index (χ3n) is 2.99. The molecule has 0 fully saturated rings. The van der Waals surface area contributed by atoms with Gasteiger partial charge in [-0.25, -0.2) is 0 Å². The Kier molecular flexibility index (Phi) is 9.93. The molecule has 0 N–H and O–H groups in total. The van der Waals surface area contributed by atoms with Crippen molar-refractivity contribution in [3.63, 3.8) is 0 Å². The Labute approximate surface area is 175 Å². The molecular weight excluding hydrogens is 357 g/mol. The number of hydrogen-bond acceptors (Lipinski definition) is 9. The van der Waals surface area contributed by atoms with Crippen molar-refractivity contribution in [2.75, 3.05) is 0 Å². The van der Waals surface area contributed by atoms with E-state index in [0.29, 0.717) is 5.69 Å². The van der Waals surface area contributed by atoms with E-state index in [2.05, 4.69) is 10.4 Å². The van der Waals surface area contributed by atoms with Crippen LogP contribution in [0.2, 0.25) is 0 Å². The normalized spacial score (nSPS) is 7.81. The first-order valence-electron chi connectivity index (χ1n) is 6.59. The number of nitrogens with zero attached hydrogens (tertiary/aromatic N) is 7. The van der Waals surface area contributed by atoms with E-state index < -0.39 is 33.5 Å². The van der Waals surface area contributed by atoms with Gasteiger partial charge in [0.1, 0.15) is 52.8 Å². The molecule has 9 nitrogen and oxygen atoms in total. The third kappa shape index (κ3) is 5.03. The molecule has 0 aliphatic carbocycles. The standard InChI is InChI=1S/C11N6O.C6H5NO.Na/c12-1-6-7(2-13)9(4-15)11(17-18)10(5-16)8(6)3-14;8-7-6-4-2-1-3-5-6;/h;1-5H;. The van der Waals surface area contributed by atoms with Gasteiger partial charge in [0.25, 0.3) is 0 Å². The predicted molar refractivity (Wildman–Crippen MR) is 93.1 cm³/mol. The van der Waals surface area contributed by atoms with Crippen molar-refractivity contribution in [2.45, 2.75) is 0 Å². The average Bonchev–Trinajstić information content (AvgIpc) is 2.71. The van der Waals surface area contributed by atoms with Crippen LogP contribution >= 0.6 is 0 Å². The molecule has 0 unspecified atom stereocenters. The van der Waals surface area contributed by atoms with Crippen LogP contribution in [0, 0.1) is 66.5 Å². The fourth-order valence-corrected chi connectivity index (χ4v) is 1.87. The minimum absolute atomic E-state index is 0. The second-order valence-electron chi connectivity index (χ2n) is 4.30. The molecule has 27 heavy (non-hydrogen) atoms. The van der Waals surface area contributed by atoms with Crippen molar-refractivity contribution in [1.29, 1.82) is 26.3 Å². The molecule has 0 bridgehead atoms. The van der Waals surface area contributed by atoms with Crippen LogP contribution in [-0.2, 0) is 0 Å². The summed E-state index contributed by atoms with van der Waals surface area (Å²) in [6.45, 7) is 0. The van der Waals surface area contributed by atoms with Crippen LogP contribution in [0.1, 0.15) is 27.8 Å².